The summed E-state index contributed by atoms with van der Waals surface area (Å²) < 4.78 is 19.0. The molecule has 1 aliphatic rings. The van der Waals surface area contributed by atoms with E-state index in [0.717, 1.165) is 37.6 Å². The Morgan fingerprint density at radius 1 is 1.04 bits per heavy atom. The van der Waals surface area contributed by atoms with E-state index in [-0.39, 0.29) is 23.3 Å². The van der Waals surface area contributed by atoms with Crippen LogP contribution in [0.25, 0.3) is 0 Å². The van der Waals surface area contributed by atoms with E-state index >= 15 is 0 Å². The molecule has 0 radical (unpaired) electrons. The molecule has 1 aromatic heterocycles. The summed E-state index contributed by atoms with van der Waals surface area (Å²) in [5.41, 5.74) is 0.916. The smallest absolute Gasteiger partial charge is 0.243 e. The lowest BCUT2D eigenvalue weighted by Gasteiger charge is -2.39. The Morgan fingerprint density at radius 3 is 2.19 bits per heavy atom. The highest BCUT2D eigenvalue weighted by Crippen LogP contribution is 2.27. The van der Waals surface area contributed by atoms with Gasteiger partial charge in [0.25, 0.3) is 0 Å². The van der Waals surface area contributed by atoms with Gasteiger partial charge in [-0.25, -0.2) is 4.39 Å². The molecule has 1 aliphatic heterocycles. The van der Waals surface area contributed by atoms with Crippen molar-refractivity contribution in [3.8, 4) is 0 Å². The Labute approximate surface area is 155 Å². The number of aromatic nitrogens is 2. The van der Waals surface area contributed by atoms with Crippen LogP contribution < -0.4 is 0 Å². The van der Waals surface area contributed by atoms with Crippen molar-refractivity contribution in [1.82, 2.24) is 19.9 Å². The number of nitrogens with zero attached hydrogens (tertiary/aromatic N) is 4. The quantitative estimate of drug-likeness (QED) is 0.826. The second-order valence-electron chi connectivity index (χ2n) is 8.19. The van der Waals surface area contributed by atoms with Crippen molar-refractivity contribution in [3.05, 3.63) is 47.4 Å². The van der Waals surface area contributed by atoms with Gasteiger partial charge in [0.15, 0.2) is 5.82 Å². The molecule has 1 aromatic carbocycles. The number of benzene rings is 1. The van der Waals surface area contributed by atoms with Gasteiger partial charge in [-0.2, -0.15) is 4.98 Å². The van der Waals surface area contributed by atoms with Gasteiger partial charge in [-0.1, -0.05) is 38.1 Å². The third-order valence-corrected chi connectivity index (χ3v) is 5.25. The lowest BCUT2D eigenvalue weighted by Crippen LogP contribution is -2.47. The van der Waals surface area contributed by atoms with Gasteiger partial charge in [-0.15, -0.1) is 0 Å². The van der Waals surface area contributed by atoms with Gasteiger partial charge in [-0.05, 0) is 31.5 Å². The second-order valence-corrected chi connectivity index (χ2v) is 8.19. The summed E-state index contributed by atoms with van der Waals surface area (Å²) >= 11 is 0. The molecule has 0 unspecified atom stereocenters. The molecule has 0 spiro atoms. The van der Waals surface area contributed by atoms with E-state index in [1.807, 2.05) is 6.07 Å². The van der Waals surface area contributed by atoms with Crippen LogP contribution in [0.2, 0.25) is 0 Å². The summed E-state index contributed by atoms with van der Waals surface area (Å²) in [6.45, 7) is 14.2. The zero-order valence-electron chi connectivity index (χ0n) is 16.4. The van der Waals surface area contributed by atoms with Gasteiger partial charge in [-0.3, -0.25) is 9.80 Å². The molecule has 6 heteroatoms. The summed E-state index contributed by atoms with van der Waals surface area (Å²) in [7, 11) is 0. The third-order valence-electron chi connectivity index (χ3n) is 5.25. The first-order valence-corrected chi connectivity index (χ1v) is 9.33. The molecule has 0 amide bonds. The van der Waals surface area contributed by atoms with Crippen LogP contribution in [0.15, 0.2) is 28.8 Å². The molecule has 0 bridgehead atoms. The van der Waals surface area contributed by atoms with Gasteiger partial charge in [0.2, 0.25) is 5.89 Å². The van der Waals surface area contributed by atoms with Crippen molar-refractivity contribution in [2.75, 3.05) is 26.2 Å². The van der Waals surface area contributed by atoms with E-state index in [1.54, 1.807) is 12.1 Å². The minimum absolute atomic E-state index is 0.102. The average molecular weight is 360 g/mol. The molecule has 5 nitrogen and oxygen atoms in total. The number of hydrogen-bond donors (Lipinski definition) is 0. The highest BCUT2D eigenvalue weighted by atomic mass is 19.1. The maximum Gasteiger partial charge on any atom is 0.243 e. The standard InChI is InChI=1S/C20H29FN4O/c1-14(16-7-6-8-17(21)13-16)24-9-11-25(12-10-24)15(2)18-22-19(23-26-18)20(3,4)5/h6-8,13-15H,9-12H2,1-5H3/t14-,15+/m0/s1. The Kier molecular flexibility index (Phi) is 5.44. The molecule has 0 N–H and O–H groups in total. The summed E-state index contributed by atoms with van der Waals surface area (Å²) in [5, 5.41) is 4.14. The summed E-state index contributed by atoms with van der Waals surface area (Å²) in [5.74, 6) is 1.26. The fourth-order valence-corrected chi connectivity index (χ4v) is 3.35. The first kappa shape index (κ1) is 19.0. The van der Waals surface area contributed by atoms with Crippen molar-refractivity contribution >= 4 is 0 Å². The van der Waals surface area contributed by atoms with Crippen LogP contribution in [0.5, 0.6) is 0 Å². The monoisotopic (exact) mass is 360 g/mol. The molecule has 2 atom stereocenters. The molecule has 0 aliphatic carbocycles. The van der Waals surface area contributed by atoms with Gasteiger partial charge in [0.1, 0.15) is 5.82 Å². The summed E-state index contributed by atoms with van der Waals surface area (Å²) in [6.07, 6.45) is 0. The van der Waals surface area contributed by atoms with Crippen LogP contribution in [0.1, 0.15) is 64.0 Å². The van der Waals surface area contributed by atoms with Crippen molar-refractivity contribution in [2.45, 2.75) is 52.1 Å². The SMILES string of the molecule is C[C@H](c1nc(C(C)(C)C)no1)N1CCN([C@@H](C)c2cccc(F)c2)CC1. The predicted molar refractivity (Wildman–Crippen MR) is 99.4 cm³/mol. The molecule has 0 saturated carbocycles. The van der Waals surface area contributed by atoms with E-state index in [4.69, 9.17) is 4.52 Å². The molecule has 1 saturated heterocycles. The van der Waals surface area contributed by atoms with Gasteiger partial charge in [0, 0.05) is 37.6 Å². The van der Waals surface area contributed by atoms with Crippen LogP contribution in [-0.2, 0) is 5.41 Å². The highest BCUT2D eigenvalue weighted by Gasteiger charge is 2.29. The molecule has 26 heavy (non-hydrogen) atoms. The van der Waals surface area contributed by atoms with Gasteiger partial charge in [0.05, 0.1) is 6.04 Å². The average Bonchev–Trinajstić information content (AvgIpc) is 3.11. The second kappa shape index (κ2) is 7.45. The van der Waals surface area contributed by atoms with E-state index < -0.39 is 0 Å². The zero-order chi connectivity index (χ0) is 18.9. The van der Waals surface area contributed by atoms with Crippen molar-refractivity contribution in [2.24, 2.45) is 0 Å². The normalized spacial score (nSPS) is 19.5. The molecule has 3 rings (SSSR count). The molecular formula is C20H29FN4O. The van der Waals surface area contributed by atoms with Gasteiger partial charge < -0.3 is 4.52 Å². The molecular weight excluding hydrogens is 331 g/mol. The fraction of sp³-hybridized carbons (Fsp3) is 0.600. The molecule has 1 fully saturated rings. The van der Waals surface area contributed by atoms with Crippen LogP contribution in [0.4, 0.5) is 4.39 Å². The number of piperazine rings is 1. The van der Waals surface area contributed by atoms with Crippen LogP contribution in [0, 0.1) is 5.82 Å². The van der Waals surface area contributed by atoms with Crippen molar-refractivity contribution in [3.63, 3.8) is 0 Å². The third kappa shape index (κ3) is 4.13. The van der Waals surface area contributed by atoms with Crippen LogP contribution in [0.3, 0.4) is 0 Å². The van der Waals surface area contributed by atoms with E-state index in [9.17, 15) is 4.39 Å². The maximum absolute atomic E-state index is 13.5. The molecule has 2 aromatic rings. The number of halogens is 1. The van der Waals surface area contributed by atoms with E-state index in [2.05, 4.69) is 54.6 Å². The zero-order valence-corrected chi connectivity index (χ0v) is 16.4. The van der Waals surface area contributed by atoms with Gasteiger partial charge >= 0.3 is 0 Å². The minimum Gasteiger partial charge on any atom is -0.338 e. The maximum atomic E-state index is 13.5. The number of rotatable bonds is 4. The Bertz CT molecular complexity index is 731. The van der Waals surface area contributed by atoms with Crippen molar-refractivity contribution in [1.29, 1.82) is 0 Å². The first-order chi connectivity index (χ1) is 12.3. The Hall–Kier alpha value is -1.79. The highest BCUT2D eigenvalue weighted by molar-refractivity contribution is 5.19. The number of hydrogen-bond acceptors (Lipinski definition) is 5. The summed E-state index contributed by atoms with van der Waals surface area (Å²) in [6, 6.07) is 7.21. The van der Waals surface area contributed by atoms with E-state index in [1.165, 1.54) is 6.07 Å². The molecule has 2 heterocycles. The largest absolute Gasteiger partial charge is 0.338 e. The lowest BCUT2D eigenvalue weighted by molar-refractivity contribution is 0.0677. The Balaban J connectivity index is 1.60. The topological polar surface area (TPSA) is 45.4 Å². The lowest BCUT2D eigenvalue weighted by atomic mass is 9.96. The molecule has 142 valence electrons. The summed E-state index contributed by atoms with van der Waals surface area (Å²) in [4.78, 5) is 9.36. The van der Waals surface area contributed by atoms with E-state index in [0.29, 0.717) is 5.89 Å². The van der Waals surface area contributed by atoms with Crippen molar-refractivity contribution < 1.29 is 8.91 Å². The van der Waals surface area contributed by atoms with Crippen LogP contribution in [-0.4, -0.2) is 46.1 Å². The first-order valence-electron chi connectivity index (χ1n) is 9.33. The predicted octanol–water partition coefficient (Wildman–Crippen LogP) is 3.95. The Morgan fingerprint density at radius 2 is 1.65 bits per heavy atom. The van der Waals surface area contributed by atoms with Crippen LogP contribution >= 0.6 is 0 Å². The fourth-order valence-electron chi connectivity index (χ4n) is 3.35. The minimum atomic E-state index is -0.173.